The first-order valence-corrected chi connectivity index (χ1v) is 7.50. The van der Waals surface area contributed by atoms with Gasteiger partial charge in [-0.25, -0.2) is 9.97 Å². The third kappa shape index (κ3) is 3.54. The fourth-order valence-electron chi connectivity index (χ4n) is 1.83. The number of thiazole rings is 1. The highest BCUT2D eigenvalue weighted by Gasteiger charge is 2.23. The Morgan fingerprint density at radius 3 is 3.10 bits per heavy atom. The van der Waals surface area contributed by atoms with Crippen molar-refractivity contribution in [3.8, 4) is 0 Å². The molecule has 1 amide bonds. The Hall–Kier alpha value is -1.95. The van der Waals surface area contributed by atoms with Crippen molar-refractivity contribution in [1.82, 2.24) is 15.3 Å². The molecule has 0 bridgehead atoms. The van der Waals surface area contributed by atoms with Gasteiger partial charge in [-0.15, -0.1) is 11.3 Å². The first kappa shape index (κ1) is 13.1. The summed E-state index contributed by atoms with van der Waals surface area (Å²) in [6.45, 7) is 2.02. The van der Waals surface area contributed by atoms with Gasteiger partial charge in [0.25, 0.3) is 0 Å². The van der Waals surface area contributed by atoms with Gasteiger partial charge in [0.2, 0.25) is 5.91 Å². The monoisotopic (exact) mass is 288 g/mol. The minimum atomic E-state index is 0.0537. The summed E-state index contributed by atoms with van der Waals surface area (Å²) in [5.41, 5.74) is 1.94. The molecule has 0 saturated heterocycles. The van der Waals surface area contributed by atoms with Crippen molar-refractivity contribution in [3.05, 3.63) is 35.0 Å². The van der Waals surface area contributed by atoms with Gasteiger partial charge in [-0.2, -0.15) is 0 Å². The number of nitrogens with one attached hydrogen (secondary N) is 2. The lowest BCUT2D eigenvalue weighted by Gasteiger charge is -2.02. The van der Waals surface area contributed by atoms with E-state index < -0.39 is 0 Å². The third-order valence-electron chi connectivity index (χ3n) is 2.99. The van der Waals surface area contributed by atoms with Gasteiger partial charge in [0.15, 0.2) is 5.13 Å². The molecule has 0 unspecified atom stereocenters. The Labute approximate surface area is 121 Å². The number of amides is 1. The predicted octanol–water partition coefficient (Wildman–Crippen LogP) is 2.41. The summed E-state index contributed by atoms with van der Waals surface area (Å²) in [6.07, 6.45) is 4.31. The first-order valence-electron chi connectivity index (χ1n) is 6.62. The van der Waals surface area contributed by atoms with E-state index in [0.717, 1.165) is 35.0 Å². The smallest absolute Gasteiger partial charge is 0.226 e. The number of hydrogen-bond acceptors (Lipinski definition) is 5. The van der Waals surface area contributed by atoms with E-state index in [2.05, 4.69) is 20.6 Å². The second-order valence-corrected chi connectivity index (χ2v) is 5.86. The SMILES string of the molecule is Cc1ccnc(Nc2nc(CC(=O)NC3CC3)cs2)c1. The molecule has 2 N–H and O–H groups in total. The number of nitrogens with zero attached hydrogens (tertiary/aromatic N) is 2. The summed E-state index contributed by atoms with van der Waals surface area (Å²) in [4.78, 5) is 20.3. The van der Waals surface area contributed by atoms with Gasteiger partial charge in [-0.05, 0) is 37.5 Å². The molecule has 0 spiro atoms. The van der Waals surface area contributed by atoms with Crippen molar-refractivity contribution in [1.29, 1.82) is 0 Å². The molecule has 20 heavy (non-hydrogen) atoms. The predicted molar refractivity (Wildman–Crippen MR) is 79.2 cm³/mol. The molecule has 1 aliphatic rings. The van der Waals surface area contributed by atoms with E-state index in [1.54, 1.807) is 6.20 Å². The molecular weight excluding hydrogens is 272 g/mol. The molecular formula is C14H16N4OS. The van der Waals surface area contributed by atoms with Crippen molar-refractivity contribution in [3.63, 3.8) is 0 Å². The molecule has 1 fully saturated rings. The zero-order valence-corrected chi connectivity index (χ0v) is 12.0. The Balaban J connectivity index is 1.59. The number of aryl methyl sites for hydroxylation is 1. The van der Waals surface area contributed by atoms with Crippen LogP contribution in [0.25, 0.3) is 0 Å². The van der Waals surface area contributed by atoms with E-state index in [4.69, 9.17) is 0 Å². The quantitative estimate of drug-likeness (QED) is 0.886. The minimum absolute atomic E-state index is 0.0537. The van der Waals surface area contributed by atoms with E-state index in [9.17, 15) is 4.79 Å². The second-order valence-electron chi connectivity index (χ2n) is 5.01. The summed E-state index contributed by atoms with van der Waals surface area (Å²) < 4.78 is 0. The molecule has 2 aromatic rings. The summed E-state index contributed by atoms with van der Waals surface area (Å²) in [5, 5.41) is 8.79. The van der Waals surface area contributed by atoms with Crippen LogP contribution >= 0.6 is 11.3 Å². The van der Waals surface area contributed by atoms with Crippen LogP contribution in [0.2, 0.25) is 0 Å². The summed E-state index contributed by atoms with van der Waals surface area (Å²) >= 11 is 1.48. The summed E-state index contributed by atoms with van der Waals surface area (Å²) in [6, 6.07) is 4.30. The molecule has 2 heterocycles. The minimum Gasteiger partial charge on any atom is -0.353 e. The van der Waals surface area contributed by atoms with Crippen LogP contribution in [0.3, 0.4) is 0 Å². The molecule has 104 valence electrons. The lowest BCUT2D eigenvalue weighted by atomic mass is 10.3. The third-order valence-corrected chi connectivity index (χ3v) is 3.79. The lowest BCUT2D eigenvalue weighted by molar-refractivity contribution is -0.120. The van der Waals surface area contributed by atoms with Crippen LogP contribution in [-0.4, -0.2) is 21.9 Å². The highest BCUT2D eigenvalue weighted by molar-refractivity contribution is 7.13. The first-order chi connectivity index (χ1) is 9.69. The van der Waals surface area contributed by atoms with E-state index in [1.165, 1.54) is 11.3 Å². The zero-order valence-electron chi connectivity index (χ0n) is 11.2. The van der Waals surface area contributed by atoms with Crippen LogP contribution < -0.4 is 10.6 Å². The molecule has 1 saturated carbocycles. The van der Waals surface area contributed by atoms with E-state index in [-0.39, 0.29) is 5.91 Å². The Morgan fingerprint density at radius 2 is 2.35 bits per heavy atom. The number of rotatable bonds is 5. The van der Waals surface area contributed by atoms with Crippen LogP contribution in [-0.2, 0) is 11.2 Å². The molecule has 0 atom stereocenters. The highest BCUT2D eigenvalue weighted by atomic mass is 32.1. The standard InChI is InChI=1S/C14H16N4OS/c1-9-4-5-15-12(6-9)18-14-17-11(8-20-14)7-13(19)16-10-2-3-10/h4-6,8,10H,2-3,7H2,1H3,(H,16,19)(H,15,17,18). The molecule has 0 aromatic carbocycles. The van der Waals surface area contributed by atoms with Crippen LogP contribution in [0.1, 0.15) is 24.1 Å². The van der Waals surface area contributed by atoms with Gasteiger partial charge >= 0.3 is 0 Å². The van der Waals surface area contributed by atoms with Crippen molar-refractivity contribution in [2.24, 2.45) is 0 Å². The molecule has 6 heteroatoms. The molecule has 0 radical (unpaired) electrons. The Kier molecular flexibility index (Phi) is 3.64. The largest absolute Gasteiger partial charge is 0.353 e. The molecule has 0 aliphatic heterocycles. The fraction of sp³-hybridized carbons (Fsp3) is 0.357. The highest BCUT2D eigenvalue weighted by Crippen LogP contribution is 2.21. The van der Waals surface area contributed by atoms with E-state index in [0.29, 0.717) is 12.5 Å². The maximum Gasteiger partial charge on any atom is 0.226 e. The summed E-state index contributed by atoms with van der Waals surface area (Å²) in [5.74, 6) is 0.825. The van der Waals surface area contributed by atoms with Crippen LogP contribution in [0.5, 0.6) is 0 Å². The average Bonchev–Trinajstić information content (AvgIpc) is 3.09. The van der Waals surface area contributed by atoms with Gasteiger partial charge in [0.1, 0.15) is 5.82 Å². The number of aromatic nitrogens is 2. The number of carbonyl (C=O) groups is 1. The number of pyridine rings is 1. The van der Waals surface area contributed by atoms with Crippen molar-refractivity contribution in [2.75, 3.05) is 5.32 Å². The number of carbonyl (C=O) groups excluding carboxylic acids is 1. The maximum atomic E-state index is 11.7. The van der Waals surface area contributed by atoms with Crippen molar-refractivity contribution < 1.29 is 4.79 Å². The van der Waals surface area contributed by atoms with E-state index >= 15 is 0 Å². The van der Waals surface area contributed by atoms with Gasteiger partial charge < -0.3 is 10.6 Å². The Bertz CT molecular complexity index is 621. The zero-order chi connectivity index (χ0) is 13.9. The van der Waals surface area contributed by atoms with E-state index in [1.807, 2.05) is 24.4 Å². The van der Waals surface area contributed by atoms with Crippen LogP contribution in [0, 0.1) is 6.92 Å². The van der Waals surface area contributed by atoms with Gasteiger partial charge in [-0.1, -0.05) is 0 Å². The number of hydrogen-bond donors (Lipinski definition) is 2. The molecule has 2 aromatic heterocycles. The normalized spacial score (nSPS) is 14.1. The average molecular weight is 288 g/mol. The van der Waals surface area contributed by atoms with Crippen LogP contribution in [0.15, 0.2) is 23.7 Å². The van der Waals surface area contributed by atoms with Crippen molar-refractivity contribution in [2.45, 2.75) is 32.2 Å². The molecule has 1 aliphatic carbocycles. The van der Waals surface area contributed by atoms with Gasteiger partial charge in [-0.3, -0.25) is 4.79 Å². The van der Waals surface area contributed by atoms with Crippen LogP contribution in [0.4, 0.5) is 10.9 Å². The summed E-state index contributed by atoms with van der Waals surface area (Å²) in [7, 11) is 0. The lowest BCUT2D eigenvalue weighted by Crippen LogP contribution is -2.27. The topological polar surface area (TPSA) is 66.9 Å². The van der Waals surface area contributed by atoms with Gasteiger partial charge in [0, 0.05) is 17.6 Å². The molecule has 5 nitrogen and oxygen atoms in total. The maximum absolute atomic E-state index is 11.7. The fourth-order valence-corrected chi connectivity index (χ4v) is 2.55. The van der Waals surface area contributed by atoms with Crippen molar-refractivity contribution >= 4 is 28.2 Å². The Morgan fingerprint density at radius 1 is 1.50 bits per heavy atom. The molecule has 3 rings (SSSR count). The van der Waals surface area contributed by atoms with Gasteiger partial charge in [0.05, 0.1) is 12.1 Å². The number of anilines is 2. The second kappa shape index (κ2) is 5.58.